The molecular formula is C16H32N2. The van der Waals surface area contributed by atoms with Crippen LogP contribution in [0.2, 0.25) is 0 Å². The fraction of sp³-hybridized carbons (Fsp3) is 1.00. The Kier molecular flexibility index (Phi) is 5.08. The third-order valence-electron chi connectivity index (χ3n) is 5.42. The first kappa shape index (κ1) is 14.3. The van der Waals surface area contributed by atoms with Gasteiger partial charge in [0, 0.05) is 11.6 Å². The third kappa shape index (κ3) is 3.96. The van der Waals surface area contributed by atoms with Gasteiger partial charge in [0.05, 0.1) is 0 Å². The summed E-state index contributed by atoms with van der Waals surface area (Å²) in [4.78, 5) is 2.59. The molecule has 2 N–H and O–H groups in total. The Morgan fingerprint density at radius 2 is 1.67 bits per heavy atom. The number of rotatable bonds is 4. The van der Waals surface area contributed by atoms with Gasteiger partial charge in [-0.3, -0.25) is 0 Å². The van der Waals surface area contributed by atoms with Crippen LogP contribution in [0.15, 0.2) is 0 Å². The quantitative estimate of drug-likeness (QED) is 0.829. The lowest BCUT2D eigenvalue weighted by Crippen LogP contribution is -2.46. The molecule has 0 radical (unpaired) electrons. The molecule has 2 heteroatoms. The van der Waals surface area contributed by atoms with Crippen LogP contribution in [-0.4, -0.2) is 30.1 Å². The molecule has 0 aliphatic heterocycles. The van der Waals surface area contributed by atoms with E-state index in [1.54, 1.807) is 0 Å². The molecule has 0 spiro atoms. The number of hydrogen-bond donors (Lipinski definition) is 1. The normalized spacial score (nSPS) is 32.7. The van der Waals surface area contributed by atoms with Gasteiger partial charge in [-0.1, -0.05) is 26.2 Å². The predicted molar refractivity (Wildman–Crippen MR) is 78.7 cm³/mol. The van der Waals surface area contributed by atoms with Crippen molar-refractivity contribution in [3.63, 3.8) is 0 Å². The highest BCUT2D eigenvalue weighted by Crippen LogP contribution is 2.30. The van der Waals surface area contributed by atoms with E-state index < -0.39 is 0 Å². The molecule has 0 aromatic rings. The third-order valence-corrected chi connectivity index (χ3v) is 5.42. The zero-order chi connectivity index (χ0) is 13.0. The standard InChI is InChI=1S/C16H32N2/c1-14-6-8-15(9-7-14)18(2)13-12-16(17)10-4-3-5-11-16/h14-15H,3-13,17H2,1-2H3. The van der Waals surface area contributed by atoms with Crippen molar-refractivity contribution in [2.24, 2.45) is 11.7 Å². The van der Waals surface area contributed by atoms with Crippen molar-refractivity contribution in [2.75, 3.05) is 13.6 Å². The fourth-order valence-corrected chi connectivity index (χ4v) is 3.77. The molecule has 0 unspecified atom stereocenters. The lowest BCUT2D eigenvalue weighted by Gasteiger charge is -2.38. The highest BCUT2D eigenvalue weighted by molar-refractivity contribution is 4.88. The molecule has 0 heterocycles. The lowest BCUT2D eigenvalue weighted by atomic mass is 9.80. The van der Waals surface area contributed by atoms with Crippen LogP contribution in [0.1, 0.15) is 71.1 Å². The van der Waals surface area contributed by atoms with E-state index in [9.17, 15) is 0 Å². The molecule has 0 saturated heterocycles. The SMILES string of the molecule is CC1CCC(N(C)CCC2(N)CCCCC2)CC1. The molecule has 2 aliphatic carbocycles. The summed E-state index contributed by atoms with van der Waals surface area (Å²) in [5, 5.41) is 0. The van der Waals surface area contributed by atoms with E-state index in [4.69, 9.17) is 5.73 Å². The Labute approximate surface area is 113 Å². The maximum absolute atomic E-state index is 6.53. The van der Waals surface area contributed by atoms with Gasteiger partial charge in [-0.2, -0.15) is 0 Å². The summed E-state index contributed by atoms with van der Waals surface area (Å²) >= 11 is 0. The van der Waals surface area contributed by atoms with Crippen molar-refractivity contribution in [1.82, 2.24) is 4.90 Å². The predicted octanol–water partition coefficient (Wildman–Crippen LogP) is 3.55. The molecule has 2 saturated carbocycles. The van der Waals surface area contributed by atoms with Crippen LogP contribution in [0, 0.1) is 5.92 Å². The zero-order valence-electron chi connectivity index (χ0n) is 12.5. The zero-order valence-corrected chi connectivity index (χ0v) is 12.5. The molecular weight excluding hydrogens is 220 g/mol. The van der Waals surface area contributed by atoms with E-state index in [2.05, 4.69) is 18.9 Å². The minimum atomic E-state index is 0.161. The van der Waals surface area contributed by atoms with Gasteiger partial charge in [-0.25, -0.2) is 0 Å². The minimum Gasteiger partial charge on any atom is -0.325 e. The van der Waals surface area contributed by atoms with E-state index in [1.165, 1.54) is 70.8 Å². The van der Waals surface area contributed by atoms with Crippen molar-refractivity contribution >= 4 is 0 Å². The summed E-state index contributed by atoms with van der Waals surface area (Å²) in [5.74, 6) is 0.953. The van der Waals surface area contributed by atoms with Crippen molar-refractivity contribution < 1.29 is 0 Å². The molecule has 2 fully saturated rings. The molecule has 0 atom stereocenters. The molecule has 2 aliphatic rings. The topological polar surface area (TPSA) is 29.3 Å². The average molecular weight is 252 g/mol. The second kappa shape index (κ2) is 6.38. The summed E-state index contributed by atoms with van der Waals surface area (Å²) in [6.07, 6.45) is 13.4. The first-order valence-electron chi connectivity index (χ1n) is 8.08. The van der Waals surface area contributed by atoms with Crippen LogP contribution < -0.4 is 5.73 Å². The first-order chi connectivity index (χ1) is 8.59. The summed E-state index contributed by atoms with van der Waals surface area (Å²) in [6, 6.07) is 0.827. The smallest absolute Gasteiger partial charge is 0.0166 e. The monoisotopic (exact) mass is 252 g/mol. The van der Waals surface area contributed by atoms with Crippen LogP contribution in [0.4, 0.5) is 0 Å². The van der Waals surface area contributed by atoms with E-state index in [0.29, 0.717) is 0 Å². The van der Waals surface area contributed by atoms with Gasteiger partial charge < -0.3 is 10.6 Å². The van der Waals surface area contributed by atoms with Gasteiger partial charge in [-0.15, -0.1) is 0 Å². The summed E-state index contributed by atoms with van der Waals surface area (Å²) < 4.78 is 0. The Morgan fingerprint density at radius 1 is 1.06 bits per heavy atom. The van der Waals surface area contributed by atoms with Gasteiger partial charge in [0.15, 0.2) is 0 Å². The van der Waals surface area contributed by atoms with E-state index in [1.807, 2.05) is 0 Å². The second-order valence-corrected chi connectivity index (χ2v) is 7.07. The molecule has 0 bridgehead atoms. The highest BCUT2D eigenvalue weighted by atomic mass is 15.1. The molecule has 106 valence electrons. The molecule has 2 rings (SSSR count). The number of nitrogens with zero attached hydrogens (tertiary/aromatic N) is 1. The van der Waals surface area contributed by atoms with E-state index in [-0.39, 0.29) is 5.54 Å². The van der Waals surface area contributed by atoms with Gasteiger partial charge in [0.1, 0.15) is 0 Å². The summed E-state index contributed by atoms with van der Waals surface area (Å²) in [6.45, 7) is 3.60. The van der Waals surface area contributed by atoms with E-state index in [0.717, 1.165) is 12.0 Å². The van der Waals surface area contributed by atoms with Crippen LogP contribution >= 0.6 is 0 Å². The fourth-order valence-electron chi connectivity index (χ4n) is 3.77. The molecule has 0 aromatic carbocycles. The summed E-state index contributed by atoms with van der Waals surface area (Å²) in [5.41, 5.74) is 6.69. The second-order valence-electron chi connectivity index (χ2n) is 7.07. The maximum atomic E-state index is 6.53. The highest BCUT2D eigenvalue weighted by Gasteiger charge is 2.29. The maximum Gasteiger partial charge on any atom is 0.0166 e. The number of nitrogens with two attached hydrogens (primary N) is 1. The Morgan fingerprint density at radius 3 is 2.28 bits per heavy atom. The minimum absolute atomic E-state index is 0.161. The van der Waals surface area contributed by atoms with Crippen molar-refractivity contribution in [1.29, 1.82) is 0 Å². The largest absolute Gasteiger partial charge is 0.325 e. The van der Waals surface area contributed by atoms with Gasteiger partial charge in [0.2, 0.25) is 0 Å². The van der Waals surface area contributed by atoms with E-state index >= 15 is 0 Å². The van der Waals surface area contributed by atoms with Crippen molar-refractivity contribution in [2.45, 2.75) is 82.7 Å². The lowest BCUT2D eigenvalue weighted by molar-refractivity contribution is 0.148. The molecule has 0 amide bonds. The van der Waals surface area contributed by atoms with Gasteiger partial charge in [0.25, 0.3) is 0 Å². The number of hydrogen-bond acceptors (Lipinski definition) is 2. The first-order valence-corrected chi connectivity index (χ1v) is 8.08. The molecule has 0 aromatic heterocycles. The van der Waals surface area contributed by atoms with Crippen LogP contribution in [-0.2, 0) is 0 Å². The van der Waals surface area contributed by atoms with Crippen LogP contribution in [0.25, 0.3) is 0 Å². The van der Waals surface area contributed by atoms with Crippen LogP contribution in [0.3, 0.4) is 0 Å². The molecule has 2 nitrogen and oxygen atoms in total. The van der Waals surface area contributed by atoms with Crippen LogP contribution in [0.5, 0.6) is 0 Å². The van der Waals surface area contributed by atoms with Crippen molar-refractivity contribution in [3.8, 4) is 0 Å². The Hall–Kier alpha value is -0.0800. The molecule has 18 heavy (non-hydrogen) atoms. The van der Waals surface area contributed by atoms with Gasteiger partial charge >= 0.3 is 0 Å². The van der Waals surface area contributed by atoms with Crippen molar-refractivity contribution in [3.05, 3.63) is 0 Å². The Bertz CT molecular complexity index is 237. The average Bonchev–Trinajstić information content (AvgIpc) is 2.38. The Balaban J connectivity index is 1.72. The van der Waals surface area contributed by atoms with Gasteiger partial charge in [-0.05, 0) is 64.5 Å². The summed E-state index contributed by atoms with van der Waals surface area (Å²) in [7, 11) is 2.31.